The lowest BCUT2D eigenvalue weighted by molar-refractivity contribution is -0.124. The molecule has 0 spiro atoms. The molecule has 170 valence electrons. The second-order valence-electron chi connectivity index (χ2n) is 7.53. The number of carbonyl (C=O) groups excluding carboxylic acids is 1. The van der Waals surface area contributed by atoms with Gasteiger partial charge in [0.2, 0.25) is 0 Å². The number of fused-ring (bicyclic) bond motifs is 1. The maximum atomic E-state index is 11.3. The maximum absolute atomic E-state index is 11.3. The number of allylic oxidation sites excluding steroid dienone is 4. The fraction of sp³-hybridized carbons (Fsp3) is 0.185. The number of rotatable bonds is 11. The van der Waals surface area contributed by atoms with E-state index in [4.69, 9.17) is 10.2 Å². The second kappa shape index (κ2) is 12.3. The maximum Gasteiger partial charge on any atom is 0.267 e. The zero-order valence-corrected chi connectivity index (χ0v) is 18.9. The molecule has 1 aromatic heterocycles. The Morgan fingerprint density at radius 3 is 2.70 bits per heavy atom. The summed E-state index contributed by atoms with van der Waals surface area (Å²) in [5.74, 6) is 0.426. The molecule has 6 heteroatoms. The lowest BCUT2D eigenvalue weighted by Crippen LogP contribution is -2.25. The summed E-state index contributed by atoms with van der Waals surface area (Å²) in [6.45, 7) is 8.92. The quantitative estimate of drug-likeness (QED) is 0.192. The van der Waals surface area contributed by atoms with Gasteiger partial charge in [-0.15, -0.1) is 0 Å². The Kier molecular flexibility index (Phi) is 8.94. The molecular formula is C27H30N4O2. The first kappa shape index (κ1) is 23.9. The van der Waals surface area contributed by atoms with Crippen LogP contribution in [0.5, 0.6) is 0 Å². The van der Waals surface area contributed by atoms with Crippen LogP contribution < -0.4 is 5.48 Å². The van der Waals surface area contributed by atoms with Crippen LogP contribution >= 0.6 is 0 Å². The molecule has 0 saturated carbocycles. The average Bonchev–Trinajstić information content (AvgIpc) is 3.18. The highest BCUT2D eigenvalue weighted by Gasteiger charge is 2.14. The van der Waals surface area contributed by atoms with Crippen molar-refractivity contribution in [2.24, 2.45) is 0 Å². The zero-order valence-electron chi connectivity index (χ0n) is 18.9. The van der Waals surface area contributed by atoms with Crippen molar-refractivity contribution in [1.29, 1.82) is 0 Å². The predicted octanol–water partition coefficient (Wildman–Crippen LogP) is 4.88. The van der Waals surface area contributed by atoms with Crippen LogP contribution in [0.1, 0.15) is 23.9 Å². The summed E-state index contributed by atoms with van der Waals surface area (Å²) < 4.78 is 2.22. The zero-order chi connectivity index (χ0) is 23.5. The van der Waals surface area contributed by atoms with Crippen molar-refractivity contribution >= 4 is 23.0 Å². The van der Waals surface area contributed by atoms with E-state index in [0.29, 0.717) is 6.54 Å². The van der Waals surface area contributed by atoms with Gasteiger partial charge in [-0.1, -0.05) is 73.4 Å². The number of hydrogen-bond acceptors (Lipinski definition) is 4. The number of aryl methyl sites for hydroxylation is 1. The van der Waals surface area contributed by atoms with Gasteiger partial charge in [0.25, 0.3) is 5.91 Å². The van der Waals surface area contributed by atoms with E-state index in [1.165, 1.54) is 11.6 Å². The molecule has 0 aliphatic heterocycles. The van der Waals surface area contributed by atoms with Crippen LogP contribution in [0.4, 0.5) is 0 Å². The minimum absolute atomic E-state index is 0.567. The van der Waals surface area contributed by atoms with Gasteiger partial charge in [-0.25, -0.2) is 10.5 Å². The SMILES string of the molecule is C=C/C=C\C=C\CN(Cc1ccccc1)Cc1nc2cc(/C=C/C(=O)NO)ccc2n1CC. The summed E-state index contributed by atoms with van der Waals surface area (Å²) in [5, 5.41) is 8.67. The van der Waals surface area contributed by atoms with E-state index in [-0.39, 0.29) is 0 Å². The summed E-state index contributed by atoms with van der Waals surface area (Å²) in [5.41, 5.74) is 5.63. The number of aromatic nitrogens is 2. The average molecular weight is 443 g/mol. The third-order valence-electron chi connectivity index (χ3n) is 5.18. The van der Waals surface area contributed by atoms with Gasteiger partial charge < -0.3 is 4.57 Å². The highest BCUT2D eigenvalue weighted by Crippen LogP contribution is 2.21. The molecule has 0 bridgehead atoms. The molecule has 3 rings (SSSR count). The van der Waals surface area contributed by atoms with Crippen molar-refractivity contribution in [3.63, 3.8) is 0 Å². The van der Waals surface area contributed by atoms with E-state index in [1.54, 1.807) is 17.6 Å². The van der Waals surface area contributed by atoms with Crippen molar-refractivity contribution in [3.8, 4) is 0 Å². The molecule has 0 unspecified atom stereocenters. The van der Waals surface area contributed by atoms with Crippen molar-refractivity contribution in [3.05, 3.63) is 109 Å². The van der Waals surface area contributed by atoms with Crippen LogP contribution in [0, 0.1) is 0 Å². The normalized spacial score (nSPS) is 12.0. The van der Waals surface area contributed by atoms with Crippen molar-refractivity contribution in [2.75, 3.05) is 6.54 Å². The number of benzene rings is 2. The number of hydrogen-bond donors (Lipinski definition) is 2. The molecule has 3 aromatic rings. The molecule has 2 aromatic carbocycles. The Morgan fingerprint density at radius 2 is 1.97 bits per heavy atom. The Hall–Kier alpha value is -3.74. The minimum Gasteiger partial charge on any atom is -0.327 e. The number of imidazole rings is 1. The number of amides is 1. The number of carbonyl (C=O) groups is 1. The fourth-order valence-corrected chi connectivity index (χ4v) is 3.64. The van der Waals surface area contributed by atoms with Crippen molar-refractivity contribution in [1.82, 2.24) is 19.9 Å². The summed E-state index contributed by atoms with van der Waals surface area (Å²) in [6, 6.07) is 16.3. The Labute approximate surface area is 194 Å². The first-order valence-electron chi connectivity index (χ1n) is 11.0. The van der Waals surface area contributed by atoms with Crippen LogP contribution in [-0.2, 0) is 24.4 Å². The molecule has 6 nitrogen and oxygen atoms in total. The Balaban J connectivity index is 1.87. The molecule has 1 heterocycles. The van der Waals surface area contributed by atoms with Crippen LogP contribution in [0.3, 0.4) is 0 Å². The number of nitrogens with one attached hydrogen (secondary N) is 1. The Morgan fingerprint density at radius 1 is 1.15 bits per heavy atom. The summed E-state index contributed by atoms with van der Waals surface area (Å²) in [4.78, 5) is 18.6. The molecular weight excluding hydrogens is 412 g/mol. The summed E-state index contributed by atoms with van der Waals surface area (Å²) >= 11 is 0. The smallest absolute Gasteiger partial charge is 0.267 e. The van der Waals surface area contributed by atoms with Gasteiger partial charge in [-0.05, 0) is 36.3 Å². The van der Waals surface area contributed by atoms with Gasteiger partial charge in [-0.3, -0.25) is 14.9 Å². The van der Waals surface area contributed by atoms with Crippen LogP contribution in [-0.4, -0.2) is 32.1 Å². The molecule has 1 amide bonds. The fourth-order valence-electron chi connectivity index (χ4n) is 3.64. The van der Waals surface area contributed by atoms with E-state index < -0.39 is 5.91 Å². The molecule has 2 N–H and O–H groups in total. The molecule has 0 atom stereocenters. The monoisotopic (exact) mass is 442 g/mol. The van der Waals surface area contributed by atoms with E-state index in [9.17, 15) is 4.79 Å². The van der Waals surface area contributed by atoms with Gasteiger partial charge in [-0.2, -0.15) is 0 Å². The van der Waals surface area contributed by atoms with Crippen LogP contribution in [0.2, 0.25) is 0 Å². The summed E-state index contributed by atoms with van der Waals surface area (Å²) in [6.07, 6.45) is 12.7. The number of hydroxylamine groups is 1. The molecule has 0 aliphatic rings. The van der Waals surface area contributed by atoms with E-state index in [1.807, 2.05) is 42.5 Å². The molecule has 0 aliphatic carbocycles. The van der Waals surface area contributed by atoms with Gasteiger partial charge in [0, 0.05) is 25.7 Å². The number of nitrogens with zero attached hydrogens (tertiary/aromatic N) is 3. The van der Waals surface area contributed by atoms with Crippen molar-refractivity contribution in [2.45, 2.75) is 26.6 Å². The van der Waals surface area contributed by atoms with Gasteiger partial charge in [0.05, 0.1) is 17.6 Å². The van der Waals surface area contributed by atoms with E-state index in [2.05, 4.69) is 53.3 Å². The minimum atomic E-state index is -0.567. The highest BCUT2D eigenvalue weighted by molar-refractivity contribution is 5.91. The molecule has 33 heavy (non-hydrogen) atoms. The van der Waals surface area contributed by atoms with Crippen LogP contribution in [0.15, 0.2) is 91.6 Å². The second-order valence-corrected chi connectivity index (χ2v) is 7.53. The molecule has 0 radical (unpaired) electrons. The first-order chi connectivity index (χ1) is 16.1. The predicted molar refractivity (Wildman–Crippen MR) is 133 cm³/mol. The van der Waals surface area contributed by atoms with Gasteiger partial charge in [0.15, 0.2) is 0 Å². The van der Waals surface area contributed by atoms with E-state index in [0.717, 1.165) is 42.1 Å². The van der Waals surface area contributed by atoms with Gasteiger partial charge in [0.1, 0.15) is 5.82 Å². The lowest BCUT2D eigenvalue weighted by atomic mass is 10.2. The third kappa shape index (κ3) is 6.87. The van der Waals surface area contributed by atoms with Crippen LogP contribution in [0.25, 0.3) is 17.1 Å². The largest absolute Gasteiger partial charge is 0.327 e. The highest BCUT2D eigenvalue weighted by atomic mass is 16.5. The standard InChI is InChI=1S/C27H30N4O2/c1-3-5-6-7-11-18-30(20-23-12-9-8-10-13-23)21-26-28-24-19-22(15-17-27(32)29-33)14-16-25(24)31(26)4-2/h3,5-17,19,33H,1,4,18,20-21H2,2H3,(H,29,32)/b6-5-,11-7+,17-15+. The van der Waals surface area contributed by atoms with E-state index >= 15 is 0 Å². The topological polar surface area (TPSA) is 70.4 Å². The first-order valence-corrected chi connectivity index (χ1v) is 11.0. The summed E-state index contributed by atoms with van der Waals surface area (Å²) in [7, 11) is 0. The molecule has 0 saturated heterocycles. The molecule has 0 fully saturated rings. The third-order valence-corrected chi connectivity index (χ3v) is 5.18. The lowest BCUT2D eigenvalue weighted by Gasteiger charge is -2.21. The Bertz CT molecular complexity index is 1160. The van der Waals surface area contributed by atoms with Crippen molar-refractivity contribution < 1.29 is 10.0 Å². The van der Waals surface area contributed by atoms with Gasteiger partial charge >= 0.3 is 0 Å².